The Hall–Kier alpha value is -1.14. The van der Waals surface area contributed by atoms with E-state index < -0.39 is 11.9 Å². The summed E-state index contributed by atoms with van der Waals surface area (Å²) in [7, 11) is 3.09. The maximum absolute atomic E-state index is 11.0. The normalized spacial score (nSPS) is 9.88. The number of rotatable bonds is 8. The van der Waals surface area contributed by atoms with Crippen LogP contribution in [0.4, 0.5) is 0 Å². The molecule has 0 radical (unpaired) electrons. The number of methoxy groups -OCH3 is 2. The van der Waals surface area contributed by atoms with Crippen LogP contribution in [-0.2, 0) is 28.8 Å². The van der Waals surface area contributed by atoms with Crippen LogP contribution in [0.2, 0.25) is 0 Å². The van der Waals surface area contributed by atoms with Gasteiger partial charge in [-0.2, -0.15) is 0 Å². The van der Waals surface area contributed by atoms with Gasteiger partial charge in [-0.25, -0.2) is 19.4 Å². The van der Waals surface area contributed by atoms with Crippen LogP contribution in [-0.4, -0.2) is 39.4 Å². The van der Waals surface area contributed by atoms with Crippen molar-refractivity contribution < 1.29 is 28.8 Å². The van der Waals surface area contributed by atoms with Gasteiger partial charge in [0.15, 0.2) is 0 Å². The molecule has 0 aliphatic rings. The minimum Gasteiger partial charge on any atom is -0.385 e. The molecule has 0 amide bonds. The van der Waals surface area contributed by atoms with Gasteiger partial charge in [-0.05, 0) is 12.8 Å². The highest BCUT2D eigenvalue weighted by molar-refractivity contribution is 5.72. The average Bonchev–Trinajstić information content (AvgIpc) is 2.27. The molecule has 0 saturated heterocycles. The van der Waals surface area contributed by atoms with Crippen molar-refractivity contribution >= 4 is 11.9 Å². The Balaban J connectivity index is 3.40. The van der Waals surface area contributed by atoms with Gasteiger partial charge in [-0.3, -0.25) is 0 Å². The van der Waals surface area contributed by atoms with E-state index in [0.717, 1.165) is 0 Å². The van der Waals surface area contributed by atoms with E-state index in [4.69, 9.17) is 9.47 Å². The Morgan fingerprint density at radius 3 is 1.50 bits per heavy atom. The van der Waals surface area contributed by atoms with Crippen molar-refractivity contribution in [2.75, 3.05) is 27.4 Å². The molecule has 0 rings (SSSR count). The van der Waals surface area contributed by atoms with Gasteiger partial charge in [0, 0.05) is 27.4 Å². The maximum atomic E-state index is 11.0. The number of carbonyl (C=O) groups excluding carboxylic acids is 2. The van der Waals surface area contributed by atoms with Crippen LogP contribution in [0.3, 0.4) is 0 Å². The molecule has 0 aliphatic carbocycles. The van der Waals surface area contributed by atoms with Gasteiger partial charge in [0.05, 0.1) is 12.8 Å². The summed E-state index contributed by atoms with van der Waals surface area (Å²) in [6, 6.07) is 0. The van der Waals surface area contributed by atoms with E-state index in [-0.39, 0.29) is 12.8 Å². The molecule has 0 aromatic rings. The van der Waals surface area contributed by atoms with E-state index in [0.29, 0.717) is 26.1 Å². The molecule has 0 spiro atoms. The van der Waals surface area contributed by atoms with E-state index >= 15 is 0 Å². The predicted molar refractivity (Wildman–Crippen MR) is 54.4 cm³/mol. The first-order valence-electron chi connectivity index (χ1n) is 5.08. The average molecular weight is 234 g/mol. The molecule has 0 atom stereocenters. The lowest BCUT2D eigenvalue weighted by atomic mass is 10.3. The zero-order valence-electron chi connectivity index (χ0n) is 9.69. The molecular formula is C10H18O6. The monoisotopic (exact) mass is 234 g/mol. The summed E-state index contributed by atoms with van der Waals surface area (Å²) in [4.78, 5) is 30.5. The summed E-state index contributed by atoms with van der Waals surface area (Å²) in [6.45, 7) is 0.938. The molecule has 0 N–H and O–H groups in total. The van der Waals surface area contributed by atoms with Crippen LogP contribution in [0.1, 0.15) is 25.7 Å². The van der Waals surface area contributed by atoms with Gasteiger partial charge in [-0.1, -0.05) is 0 Å². The third kappa shape index (κ3) is 9.42. The number of hydrogen-bond acceptors (Lipinski definition) is 6. The van der Waals surface area contributed by atoms with Gasteiger partial charge in [0.25, 0.3) is 0 Å². The summed E-state index contributed by atoms with van der Waals surface area (Å²) in [5, 5.41) is 0. The van der Waals surface area contributed by atoms with Gasteiger partial charge >= 0.3 is 11.9 Å². The Morgan fingerprint density at radius 1 is 0.812 bits per heavy atom. The van der Waals surface area contributed by atoms with Crippen molar-refractivity contribution in [1.82, 2.24) is 0 Å². The summed E-state index contributed by atoms with van der Waals surface area (Å²) in [5.41, 5.74) is 0. The first kappa shape index (κ1) is 14.9. The molecule has 6 heteroatoms. The zero-order chi connectivity index (χ0) is 12.2. The fraction of sp³-hybridized carbons (Fsp3) is 0.800. The number of hydrogen-bond donors (Lipinski definition) is 0. The standard InChI is InChI=1S/C10H18O6/c1-13-7-3-5-9(11)15-16-10(12)6-4-8-14-2/h3-8H2,1-2H3. The van der Waals surface area contributed by atoms with Crippen molar-refractivity contribution in [1.29, 1.82) is 0 Å². The van der Waals surface area contributed by atoms with Crippen molar-refractivity contribution in [3.05, 3.63) is 0 Å². The van der Waals surface area contributed by atoms with Crippen LogP contribution >= 0.6 is 0 Å². The molecule has 0 unspecified atom stereocenters. The molecule has 0 fully saturated rings. The fourth-order valence-electron chi connectivity index (χ4n) is 0.898. The van der Waals surface area contributed by atoms with Gasteiger partial charge in [0.1, 0.15) is 0 Å². The van der Waals surface area contributed by atoms with Crippen LogP contribution in [0, 0.1) is 0 Å². The highest BCUT2D eigenvalue weighted by atomic mass is 17.2. The van der Waals surface area contributed by atoms with E-state index in [1.54, 1.807) is 14.2 Å². The number of ether oxygens (including phenoxy) is 2. The second-order valence-electron chi connectivity index (χ2n) is 3.10. The summed E-state index contributed by atoms with van der Waals surface area (Å²) >= 11 is 0. The zero-order valence-corrected chi connectivity index (χ0v) is 9.69. The van der Waals surface area contributed by atoms with Crippen molar-refractivity contribution in [3.63, 3.8) is 0 Å². The van der Waals surface area contributed by atoms with E-state index in [1.807, 2.05) is 0 Å². The predicted octanol–water partition coefficient (Wildman–Crippen LogP) is 0.841. The number of carbonyl (C=O) groups is 2. The molecule has 0 saturated carbocycles. The lowest BCUT2D eigenvalue weighted by molar-refractivity contribution is -0.259. The molecule has 16 heavy (non-hydrogen) atoms. The van der Waals surface area contributed by atoms with Crippen LogP contribution in [0.15, 0.2) is 0 Å². The van der Waals surface area contributed by atoms with E-state index in [2.05, 4.69) is 9.78 Å². The van der Waals surface area contributed by atoms with Crippen LogP contribution < -0.4 is 0 Å². The minimum absolute atomic E-state index is 0.166. The lowest BCUT2D eigenvalue weighted by Crippen LogP contribution is -2.12. The van der Waals surface area contributed by atoms with Crippen molar-refractivity contribution in [3.8, 4) is 0 Å². The molecule has 0 heterocycles. The topological polar surface area (TPSA) is 71.1 Å². The first-order chi connectivity index (χ1) is 7.70. The molecule has 6 nitrogen and oxygen atoms in total. The SMILES string of the molecule is COCCCC(=O)OOC(=O)CCCOC. The smallest absolute Gasteiger partial charge is 0.355 e. The molecule has 0 aromatic heterocycles. The van der Waals surface area contributed by atoms with E-state index in [9.17, 15) is 9.59 Å². The van der Waals surface area contributed by atoms with Crippen molar-refractivity contribution in [2.24, 2.45) is 0 Å². The minimum atomic E-state index is -0.572. The quantitative estimate of drug-likeness (QED) is 0.352. The highest BCUT2D eigenvalue weighted by Gasteiger charge is 2.09. The molecule has 94 valence electrons. The molecular weight excluding hydrogens is 216 g/mol. The first-order valence-corrected chi connectivity index (χ1v) is 5.08. The third-order valence-corrected chi connectivity index (χ3v) is 1.69. The Bertz CT molecular complexity index is 181. The second kappa shape index (κ2) is 10.4. The summed E-state index contributed by atoms with van der Waals surface area (Å²) < 4.78 is 9.51. The maximum Gasteiger partial charge on any atom is 0.355 e. The Morgan fingerprint density at radius 2 is 1.19 bits per heavy atom. The third-order valence-electron chi connectivity index (χ3n) is 1.69. The second-order valence-corrected chi connectivity index (χ2v) is 3.10. The summed E-state index contributed by atoms with van der Waals surface area (Å²) in [5.74, 6) is -1.14. The van der Waals surface area contributed by atoms with Gasteiger partial charge in [-0.15, -0.1) is 0 Å². The summed E-state index contributed by atoms with van der Waals surface area (Å²) in [6.07, 6.45) is 1.41. The molecule has 0 aliphatic heterocycles. The lowest BCUT2D eigenvalue weighted by Gasteiger charge is -2.02. The molecule has 0 bridgehead atoms. The Labute approximate surface area is 94.7 Å². The largest absolute Gasteiger partial charge is 0.385 e. The van der Waals surface area contributed by atoms with Crippen LogP contribution in [0.25, 0.3) is 0 Å². The van der Waals surface area contributed by atoms with Gasteiger partial charge < -0.3 is 9.47 Å². The van der Waals surface area contributed by atoms with Gasteiger partial charge in [0.2, 0.25) is 0 Å². The van der Waals surface area contributed by atoms with Crippen molar-refractivity contribution in [2.45, 2.75) is 25.7 Å². The molecule has 0 aromatic carbocycles. The highest BCUT2D eigenvalue weighted by Crippen LogP contribution is 1.97. The Kier molecular flexibility index (Phi) is 9.64. The fourth-order valence-corrected chi connectivity index (χ4v) is 0.898. The van der Waals surface area contributed by atoms with E-state index in [1.165, 1.54) is 0 Å². The van der Waals surface area contributed by atoms with Crippen LogP contribution in [0.5, 0.6) is 0 Å².